The van der Waals surface area contributed by atoms with Gasteiger partial charge in [0.1, 0.15) is 0 Å². The number of sulfonamides is 1. The zero-order valence-corrected chi connectivity index (χ0v) is 13.8. The highest BCUT2D eigenvalue weighted by Gasteiger charge is 2.31. The monoisotopic (exact) mass is 342 g/mol. The van der Waals surface area contributed by atoms with Crippen molar-refractivity contribution in [1.29, 1.82) is 0 Å². The molecular weight excluding hydrogens is 324 g/mol. The van der Waals surface area contributed by atoms with Crippen molar-refractivity contribution in [3.05, 3.63) is 35.4 Å². The summed E-state index contributed by atoms with van der Waals surface area (Å²) in [6, 6.07) is 4.66. The molecule has 0 radical (unpaired) electrons. The molecule has 1 aromatic rings. The fourth-order valence-electron chi connectivity index (χ4n) is 2.74. The number of nitrogens with one attached hydrogen (secondary N) is 1. The van der Waals surface area contributed by atoms with Gasteiger partial charge in [-0.05, 0) is 36.6 Å². The first-order valence-electron chi connectivity index (χ1n) is 7.06. The summed E-state index contributed by atoms with van der Waals surface area (Å²) in [7, 11) is -6.78. The largest absolute Gasteiger partial charge is 0.253 e. The lowest BCUT2D eigenvalue weighted by Gasteiger charge is -2.32. The Morgan fingerprint density at radius 2 is 2.09 bits per heavy atom. The highest BCUT2D eigenvalue weighted by atomic mass is 32.2. The second kappa shape index (κ2) is 5.45. The second-order valence-electron chi connectivity index (χ2n) is 5.72. The molecule has 0 spiro atoms. The van der Waals surface area contributed by atoms with Crippen molar-refractivity contribution in [1.82, 2.24) is 9.84 Å². The Kier molecular flexibility index (Phi) is 3.88. The summed E-state index contributed by atoms with van der Waals surface area (Å²) < 4.78 is 48.1. The number of nitrogens with zero attached hydrogens (tertiary/aromatic N) is 1. The third-order valence-corrected chi connectivity index (χ3v) is 7.11. The van der Waals surface area contributed by atoms with E-state index >= 15 is 0 Å². The van der Waals surface area contributed by atoms with Gasteiger partial charge in [-0.15, -0.1) is 4.83 Å². The highest BCUT2D eigenvalue weighted by molar-refractivity contribution is 7.91. The van der Waals surface area contributed by atoms with Gasteiger partial charge in [-0.2, -0.15) is 0 Å². The van der Waals surface area contributed by atoms with Crippen LogP contribution in [0.3, 0.4) is 0 Å². The van der Waals surface area contributed by atoms with Crippen molar-refractivity contribution in [3.8, 4) is 0 Å². The molecule has 2 aliphatic rings. The number of fused-ring (bicyclic) bond motifs is 1. The summed E-state index contributed by atoms with van der Waals surface area (Å²) in [6.07, 6.45) is 4.72. The summed E-state index contributed by atoms with van der Waals surface area (Å²) in [6.45, 7) is 1.86. The predicted octanol–water partition coefficient (Wildman–Crippen LogP) is 0.568. The first-order valence-corrected chi connectivity index (χ1v) is 10.4. The van der Waals surface area contributed by atoms with Crippen LogP contribution in [0.4, 0.5) is 0 Å². The van der Waals surface area contributed by atoms with Gasteiger partial charge in [-0.25, -0.2) is 21.8 Å². The lowest BCUT2D eigenvalue weighted by atomic mass is 10.1. The first-order chi connectivity index (χ1) is 10.3. The van der Waals surface area contributed by atoms with Crippen LogP contribution in [0.15, 0.2) is 29.2 Å². The Balaban J connectivity index is 1.81. The molecule has 1 aliphatic carbocycles. The molecule has 6 nitrogen and oxygen atoms in total. The van der Waals surface area contributed by atoms with E-state index in [-0.39, 0.29) is 29.0 Å². The van der Waals surface area contributed by atoms with Gasteiger partial charge in [0.25, 0.3) is 10.0 Å². The van der Waals surface area contributed by atoms with Crippen molar-refractivity contribution in [3.63, 3.8) is 0 Å². The molecule has 0 aromatic heterocycles. The second-order valence-corrected chi connectivity index (χ2v) is 9.61. The number of hydrogen-bond donors (Lipinski definition) is 1. The summed E-state index contributed by atoms with van der Waals surface area (Å²) in [4.78, 5) is 2.70. The number of benzene rings is 1. The van der Waals surface area contributed by atoms with E-state index in [1.54, 1.807) is 19.1 Å². The smallest absolute Gasteiger partial charge is 0.229 e. The van der Waals surface area contributed by atoms with Crippen LogP contribution in [-0.4, -0.2) is 45.9 Å². The third-order valence-electron chi connectivity index (χ3n) is 3.97. The van der Waals surface area contributed by atoms with E-state index in [9.17, 15) is 16.8 Å². The molecule has 0 bridgehead atoms. The maximum atomic E-state index is 12.5. The van der Waals surface area contributed by atoms with Crippen molar-refractivity contribution in [2.75, 3.05) is 18.1 Å². The minimum Gasteiger partial charge on any atom is -0.229 e. The van der Waals surface area contributed by atoms with Crippen molar-refractivity contribution in [2.45, 2.75) is 24.3 Å². The molecule has 22 heavy (non-hydrogen) atoms. The number of hydrazine groups is 1. The van der Waals surface area contributed by atoms with Crippen LogP contribution in [0.1, 0.15) is 18.1 Å². The Labute approximate surface area is 130 Å². The van der Waals surface area contributed by atoms with Crippen LogP contribution < -0.4 is 4.83 Å². The van der Waals surface area contributed by atoms with Crippen molar-refractivity contribution in [2.24, 2.45) is 0 Å². The molecule has 1 N–H and O–H groups in total. The summed E-state index contributed by atoms with van der Waals surface area (Å²) in [5.74, 6) is -0.0742. The van der Waals surface area contributed by atoms with E-state index in [1.165, 1.54) is 5.01 Å². The molecule has 1 unspecified atom stereocenters. The van der Waals surface area contributed by atoms with Gasteiger partial charge in [0, 0.05) is 12.6 Å². The summed E-state index contributed by atoms with van der Waals surface area (Å²) >= 11 is 0. The van der Waals surface area contributed by atoms with Gasteiger partial charge in [0.2, 0.25) is 0 Å². The van der Waals surface area contributed by atoms with Gasteiger partial charge < -0.3 is 0 Å². The van der Waals surface area contributed by atoms with Gasteiger partial charge in [-0.3, -0.25) is 0 Å². The molecule has 8 heteroatoms. The van der Waals surface area contributed by atoms with Crippen LogP contribution in [0, 0.1) is 0 Å². The lowest BCUT2D eigenvalue weighted by molar-refractivity contribution is 0.195. The van der Waals surface area contributed by atoms with E-state index in [4.69, 9.17) is 0 Å². The zero-order valence-electron chi connectivity index (χ0n) is 12.2. The predicted molar refractivity (Wildman–Crippen MR) is 84.3 cm³/mol. The minimum atomic E-state index is -3.70. The van der Waals surface area contributed by atoms with Crippen LogP contribution in [-0.2, 0) is 26.3 Å². The van der Waals surface area contributed by atoms with Crippen LogP contribution in [0.5, 0.6) is 0 Å². The van der Waals surface area contributed by atoms with E-state index in [0.717, 1.165) is 17.5 Å². The van der Waals surface area contributed by atoms with Gasteiger partial charge in [-0.1, -0.05) is 18.2 Å². The Hall–Kier alpha value is -1.22. The lowest BCUT2D eigenvalue weighted by Crippen LogP contribution is -2.55. The molecule has 1 saturated heterocycles. The van der Waals surface area contributed by atoms with Crippen molar-refractivity contribution >= 4 is 25.9 Å². The van der Waals surface area contributed by atoms with E-state index in [0.29, 0.717) is 0 Å². The Morgan fingerprint density at radius 1 is 1.32 bits per heavy atom. The Morgan fingerprint density at radius 3 is 2.82 bits per heavy atom. The Bertz CT molecular complexity index is 828. The summed E-state index contributed by atoms with van der Waals surface area (Å²) in [5.41, 5.74) is 2.02. The topological polar surface area (TPSA) is 83.6 Å². The van der Waals surface area contributed by atoms with Gasteiger partial charge >= 0.3 is 0 Å². The van der Waals surface area contributed by atoms with Gasteiger partial charge in [0.05, 0.1) is 16.4 Å². The molecule has 3 rings (SSSR count). The maximum Gasteiger partial charge on any atom is 0.253 e. The molecule has 120 valence electrons. The zero-order chi connectivity index (χ0) is 16.0. The van der Waals surface area contributed by atoms with E-state index < -0.39 is 19.9 Å². The number of allylic oxidation sites excluding steroid dienone is 1. The molecular formula is C14H18N2O4S2. The van der Waals surface area contributed by atoms with Crippen LogP contribution in [0.25, 0.3) is 6.08 Å². The summed E-state index contributed by atoms with van der Waals surface area (Å²) in [5, 5.41) is 1.49. The molecule has 1 aromatic carbocycles. The molecule has 1 aliphatic heterocycles. The number of hydrogen-bond acceptors (Lipinski definition) is 5. The SMILES string of the molecule is CC1CS(=O)(=O)CCN1NS(=O)(=O)c1ccc2c(c1)C=CC2. The molecule has 1 heterocycles. The fourth-order valence-corrected chi connectivity index (χ4v) is 5.51. The standard InChI is InChI=1S/C14H18N2O4S2/c1-11-10-21(17,18)8-7-16(11)15-22(19,20)14-6-5-12-3-2-4-13(12)9-14/h2,4-6,9,11,15H,3,7-8,10H2,1H3. The number of sulfone groups is 1. The first kappa shape index (κ1) is 15.7. The fraction of sp³-hybridized carbons (Fsp3) is 0.429. The average molecular weight is 342 g/mol. The average Bonchev–Trinajstić information content (AvgIpc) is 2.89. The minimum absolute atomic E-state index is 0.0349. The third kappa shape index (κ3) is 3.10. The van der Waals surface area contributed by atoms with E-state index in [1.807, 2.05) is 18.2 Å². The maximum absolute atomic E-state index is 12.5. The molecule has 0 amide bonds. The quantitative estimate of drug-likeness (QED) is 0.868. The van der Waals surface area contributed by atoms with E-state index in [2.05, 4.69) is 4.83 Å². The van der Waals surface area contributed by atoms with Gasteiger partial charge in [0.15, 0.2) is 9.84 Å². The molecule has 1 atom stereocenters. The normalized spacial score (nSPS) is 24.3. The van der Waals surface area contributed by atoms with Crippen LogP contribution >= 0.6 is 0 Å². The number of rotatable bonds is 3. The van der Waals surface area contributed by atoms with Crippen molar-refractivity contribution < 1.29 is 16.8 Å². The van der Waals surface area contributed by atoms with Crippen LogP contribution in [0.2, 0.25) is 0 Å². The molecule has 0 saturated carbocycles. The molecule has 1 fully saturated rings. The highest BCUT2D eigenvalue weighted by Crippen LogP contribution is 2.23.